The lowest BCUT2D eigenvalue weighted by atomic mass is 9.99. The molecular weight excluding hydrogens is 242 g/mol. The third-order valence-electron chi connectivity index (χ3n) is 4.22. The molecule has 2 aliphatic rings. The van der Waals surface area contributed by atoms with E-state index in [1.807, 2.05) is 4.68 Å². The van der Waals surface area contributed by atoms with Crippen LogP contribution >= 0.6 is 0 Å². The van der Waals surface area contributed by atoms with E-state index in [0.29, 0.717) is 5.92 Å². The van der Waals surface area contributed by atoms with E-state index in [9.17, 15) is 0 Å². The van der Waals surface area contributed by atoms with Crippen LogP contribution in [0.4, 0.5) is 0 Å². The molecular formula is C13H23N5O. The molecule has 0 bridgehead atoms. The molecule has 1 aromatic rings. The van der Waals surface area contributed by atoms with E-state index in [1.165, 1.54) is 32.4 Å². The summed E-state index contributed by atoms with van der Waals surface area (Å²) in [6.45, 7) is 6.12. The van der Waals surface area contributed by atoms with E-state index in [1.54, 1.807) is 0 Å². The van der Waals surface area contributed by atoms with Gasteiger partial charge in [-0.25, -0.2) is 4.68 Å². The van der Waals surface area contributed by atoms with E-state index in [0.717, 1.165) is 45.0 Å². The molecule has 2 saturated heterocycles. The second kappa shape index (κ2) is 6.43. The average Bonchev–Trinajstić information content (AvgIpc) is 2.95. The number of aromatic nitrogens is 4. The first-order valence-electron chi connectivity index (χ1n) is 7.49. The van der Waals surface area contributed by atoms with Crippen molar-refractivity contribution in [3.05, 3.63) is 5.82 Å². The van der Waals surface area contributed by atoms with Crippen LogP contribution in [0.15, 0.2) is 0 Å². The van der Waals surface area contributed by atoms with Gasteiger partial charge in [0.2, 0.25) is 0 Å². The standard InChI is InChI=1S/C13H23N5O/c1-2-6-17(7-3-1)8-9-18-13(14-15-16-18)12-4-10-19-11-5-12/h12H,1-11H2. The fourth-order valence-electron chi connectivity index (χ4n) is 3.04. The number of hydrogen-bond acceptors (Lipinski definition) is 5. The quantitative estimate of drug-likeness (QED) is 0.814. The Morgan fingerprint density at radius 2 is 1.84 bits per heavy atom. The fraction of sp³-hybridized carbons (Fsp3) is 0.923. The molecule has 0 N–H and O–H groups in total. The SMILES string of the molecule is C1CCN(CCn2nnnc2C2CCOCC2)CC1. The predicted molar refractivity (Wildman–Crippen MR) is 70.9 cm³/mol. The summed E-state index contributed by atoms with van der Waals surface area (Å²) in [5, 5.41) is 12.3. The molecule has 0 aromatic carbocycles. The molecule has 0 amide bonds. The summed E-state index contributed by atoms with van der Waals surface area (Å²) in [6.07, 6.45) is 6.15. The Bertz CT molecular complexity index is 382. The molecule has 1 aromatic heterocycles. The summed E-state index contributed by atoms with van der Waals surface area (Å²) < 4.78 is 7.41. The fourth-order valence-corrected chi connectivity index (χ4v) is 3.04. The maximum atomic E-state index is 5.41. The minimum Gasteiger partial charge on any atom is -0.381 e. The molecule has 0 aliphatic carbocycles. The van der Waals surface area contributed by atoms with Gasteiger partial charge in [-0.15, -0.1) is 5.10 Å². The first-order chi connectivity index (χ1) is 9.43. The van der Waals surface area contributed by atoms with Crippen molar-refractivity contribution < 1.29 is 4.74 Å². The van der Waals surface area contributed by atoms with Gasteiger partial charge in [0.15, 0.2) is 5.82 Å². The number of likely N-dealkylation sites (tertiary alicyclic amines) is 1. The summed E-state index contributed by atoms with van der Waals surface area (Å²) in [5.41, 5.74) is 0. The van der Waals surface area contributed by atoms with Gasteiger partial charge < -0.3 is 9.64 Å². The van der Waals surface area contributed by atoms with Gasteiger partial charge in [-0.3, -0.25) is 0 Å². The van der Waals surface area contributed by atoms with Crippen LogP contribution < -0.4 is 0 Å². The minimum absolute atomic E-state index is 0.477. The van der Waals surface area contributed by atoms with Crippen molar-refractivity contribution in [2.75, 3.05) is 32.8 Å². The van der Waals surface area contributed by atoms with Crippen molar-refractivity contribution in [2.24, 2.45) is 0 Å². The summed E-state index contributed by atoms with van der Waals surface area (Å²) in [5.74, 6) is 1.53. The molecule has 3 rings (SSSR count). The van der Waals surface area contributed by atoms with Crippen LogP contribution in [0.1, 0.15) is 43.8 Å². The molecule has 0 atom stereocenters. The van der Waals surface area contributed by atoms with Crippen molar-refractivity contribution >= 4 is 0 Å². The average molecular weight is 265 g/mol. The van der Waals surface area contributed by atoms with Gasteiger partial charge in [-0.2, -0.15) is 0 Å². The molecule has 0 saturated carbocycles. The van der Waals surface area contributed by atoms with Crippen LogP contribution in [0.25, 0.3) is 0 Å². The Hall–Kier alpha value is -1.01. The van der Waals surface area contributed by atoms with Crippen molar-refractivity contribution in [1.82, 2.24) is 25.1 Å². The van der Waals surface area contributed by atoms with Crippen LogP contribution in [0.5, 0.6) is 0 Å². The Labute approximate surface area is 114 Å². The first kappa shape index (κ1) is 13.0. The van der Waals surface area contributed by atoms with Crippen LogP contribution in [-0.4, -0.2) is 58.0 Å². The third-order valence-corrected chi connectivity index (χ3v) is 4.22. The lowest BCUT2D eigenvalue weighted by Crippen LogP contribution is -2.33. The molecule has 0 spiro atoms. The number of hydrogen-bond donors (Lipinski definition) is 0. The van der Waals surface area contributed by atoms with Gasteiger partial charge in [0.1, 0.15) is 0 Å². The van der Waals surface area contributed by atoms with Gasteiger partial charge >= 0.3 is 0 Å². The first-order valence-corrected chi connectivity index (χ1v) is 7.49. The maximum absolute atomic E-state index is 5.41. The van der Waals surface area contributed by atoms with Crippen LogP contribution in [0.3, 0.4) is 0 Å². The highest BCUT2D eigenvalue weighted by Crippen LogP contribution is 2.24. The maximum Gasteiger partial charge on any atom is 0.154 e. The van der Waals surface area contributed by atoms with Crippen molar-refractivity contribution in [1.29, 1.82) is 0 Å². The van der Waals surface area contributed by atoms with Crippen LogP contribution in [-0.2, 0) is 11.3 Å². The lowest BCUT2D eigenvalue weighted by molar-refractivity contribution is 0.0823. The monoisotopic (exact) mass is 265 g/mol. The molecule has 3 heterocycles. The van der Waals surface area contributed by atoms with E-state index >= 15 is 0 Å². The van der Waals surface area contributed by atoms with E-state index in [4.69, 9.17) is 4.74 Å². The van der Waals surface area contributed by atoms with Crippen LogP contribution in [0.2, 0.25) is 0 Å². The normalized spacial score (nSPS) is 22.7. The molecule has 106 valence electrons. The molecule has 0 unspecified atom stereocenters. The summed E-state index contributed by atoms with van der Waals surface area (Å²) in [6, 6.07) is 0. The second-order valence-corrected chi connectivity index (χ2v) is 5.55. The van der Waals surface area contributed by atoms with Crippen molar-refractivity contribution in [3.8, 4) is 0 Å². The highest BCUT2D eigenvalue weighted by molar-refractivity contribution is 4.95. The van der Waals surface area contributed by atoms with Gasteiger partial charge in [0.25, 0.3) is 0 Å². The molecule has 6 nitrogen and oxygen atoms in total. The Morgan fingerprint density at radius 3 is 2.63 bits per heavy atom. The predicted octanol–water partition coefficient (Wildman–Crippen LogP) is 1.05. The van der Waals surface area contributed by atoms with E-state index in [2.05, 4.69) is 20.4 Å². The number of ether oxygens (including phenoxy) is 1. The number of tetrazole rings is 1. The zero-order chi connectivity index (χ0) is 12.9. The number of piperidine rings is 1. The molecule has 19 heavy (non-hydrogen) atoms. The molecule has 2 fully saturated rings. The van der Waals surface area contributed by atoms with E-state index in [-0.39, 0.29) is 0 Å². The highest BCUT2D eigenvalue weighted by atomic mass is 16.5. The Morgan fingerprint density at radius 1 is 1.05 bits per heavy atom. The minimum atomic E-state index is 0.477. The van der Waals surface area contributed by atoms with E-state index < -0.39 is 0 Å². The molecule has 2 aliphatic heterocycles. The van der Waals surface area contributed by atoms with Crippen molar-refractivity contribution in [3.63, 3.8) is 0 Å². The number of nitrogens with zero attached hydrogens (tertiary/aromatic N) is 5. The summed E-state index contributed by atoms with van der Waals surface area (Å²) in [7, 11) is 0. The molecule has 6 heteroatoms. The van der Waals surface area contributed by atoms with Gasteiger partial charge in [0.05, 0.1) is 6.54 Å². The Balaban J connectivity index is 1.56. The zero-order valence-electron chi connectivity index (χ0n) is 11.5. The van der Waals surface area contributed by atoms with Gasteiger partial charge in [-0.05, 0) is 49.2 Å². The number of rotatable bonds is 4. The zero-order valence-corrected chi connectivity index (χ0v) is 11.5. The highest BCUT2D eigenvalue weighted by Gasteiger charge is 2.22. The smallest absolute Gasteiger partial charge is 0.154 e. The van der Waals surface area contributed by atoms with Gasteiger partial charge in [0, 0.05) is 25.7 Å². The van der Waals surface area contributed by atoms with Crippen LogP contribution in [0, 0.1) is 0 Å². The van der Waals surface area contributed by atoms with Crippen molar-refractivity contribution in [2.45, 2.75) is 44.6 Å². The third kappa shape index (κ3) is 3.30. The second-order valence-electron chi connectivity index (χ2n) is 5.55. The summed E-state index contributed by atoms with van der Waals surface area (Å²) in [4.78, 5) is 2.53. The topological polar surface area (TPSA) is 56.1 Å². The Kier molecular flexibility index (Phi) is 4.40. The lowest BCUT2D eigenvalue weighted by Gasteiger charge is -2.26. The largest absolute Gasteiger partial charge is 0.381 e. The van der Waals surface area contributed by atoms with Gasteiger partial charge in [-0.1, -0.05) is 6.42 Å². The summed E-state index contributed by atoms with van der Waals surface area (Å²) >= 11 is 0. The molecule has 0 radical (unpaired) electrons.